The van der Waals surface area contributed by atoms with E-state index in [1.165, 1.54) is 17.7 Å². The maximum atomic E-state index is 12.9. The zero-order valence-electron chi connectivity index (χ0n) is 10.5. The van der Waals surface area contributed by atoms with E-state index in [2.05, 4.69) is 22.0 Å². The van der Waals surface area contributed by atoms with Gasteiger partial charge in [-0.2, -0.15) is 0 Å². The smallest absolute Gasteiger partial charge is 0.123 e. The van der Waals surface area contributed by atoms with E-state index in [-0.39, 0.29) is 5.82 Å². The molecule has 0 fully saturated rings. The number of hydrogen-bond donors (Lipinski definition) is 0. The van der Waals surface area contributed by atoms with Crippen molar-refractivity contribution in [2.45, 2.75) is 12.8 Å². The van der Waals surface area contributed by atoms with Crippen LogP contribution >= 0.6 is 27.5 Å². The summed E-state index contributed by atoms with van der Waals surface area (Å²) in [5.74, 6) is 0.751. The molecule has 2 rings (SSSR count). The van der Waals surface area contributed by atoms with Crippen LogP contribution in [0.4, 0.5) is 4.39 Å². The molecule has 0 aliphatic carbocycles. The molecule has 0 aromatic heterocycles. The minimum absolute atomic E-state index is 0.197. The minimum Gasteiger partial charge on any atom is -0.207 e. The van der Waals surface area contributed by atoms with Crippen molar-refractivity contribution in [3.8, 4) is 0 Å². The van der Waals surface area contributed by atoms with Gasteiger partial charge in [0.1, 0.15) is 5.82 Å². The average Bonchev–Trinajstić information content (AvgIpc) is 2.43. The monoisotopic (exact) mass is 340 g/mol. The lowest BCUT2D eigenvalue weighted by atomic mass is 9.94. The topological polar surface area (TPSA) is 0 Å². The molecule has 0 N–H and O–H groups in total. The first-order valence-electron chi connectivity index (χ1n) is 6.23. The van der Waals surface area contributed by atoms with Gasteiger partial charge in [0.25, 0.3) is 0 Å². The van der Waals surface area contributed by atoms with Crippen molar-refractivity contribution in [3.63, 3.8) is 0 Å². The Balaban J connectivity index is 2.05. The van der Waals surface area contributed by atoms with Gasteiger partial charge in [0.2, 0.25) is 0 Å². The summed E-state index contributed by atoms with van der Waals surface area (Å²) in [7, 11) is 0. The zero-order chi connectivity index (χ0) is 13.7. The van der Waals surface area contributed by atoms with Gasteiger partial charge in [0.05, 0.1) is 0 Å². The van der Waals surface area contributed by atoms with Gasteiger partial charge in [0.15, 0.2) is 0 Å². The average molecular weight is 342 g/mol. The highest BCUT2D eigenvalue weighted by Crippen LogP contribution is 2.22. The molecular formula is C16H15BrClF. The Morgan fingerprint density at radius 1 is 1.00 bits per heavy atom. The molecule has 0 saturated carbocycles. The van der Waals surface area contributed by atoms with Crippen molar-refractivity contribution in [2.75, 3.05) is 5.88 Å². The summed E-state index contributed by atoms with van der Waals surface area (Å²) < 4.78 is 14.0. The Morgan fingerprint density at radius 3 is 2.32 bits per heavy atom. The molecule has 0 amide bonds. The highest BCUT2D eigenvalue weighted by atomic mass is 79.9. The van der Waals surface area contributed by atoms with Crippen molar-refractivity contribution in [1.29, 1.82) is 0 Å². The highest BCUT2D eigenvalue weighted by Gasteiger charge is 2.11. The number of rotatable bonds is 5. The molecule has 2 aromatic carbocycles. The highest BCUT2D eigenvalue weighted by molar-refractivity contribution is 9.10. The first kappa shape index (κ1) is 14.5. The van der Waals surface area contributed by atoms with Crippen molar-refractivity contribution in [2.24, 2.45) is 5.92 Å². The molecule has 0 bridgehead atoms. The van der Waals surface area contributed by atoms with Crippen LogP contribution in [0.25, 0.3) is 0 Å². The maximum absolute atomic E-state index is 12.9. The second-order valence-electron chi connectivity index (χ2n) is 4.65. The molecule has 0 radical (unpaired) electrons. The van der Waals surface area contributed by atoms with Crippen molar-refractivity contribution < 1.29 is 4.39 Å². The first-order valence-corrected chi connectivity index (χ1v) is 7.55. The third-order valence-electron chi connectivity index (χ3n) is 3.12. The van der Waals surface area contributed by atoms with Crippen LogP contribution in [0.5, 0.6) is 0 Å². The molecule has 2 aromatic rings. The fourth-order valence-electron chi connectivity index (χ4n) is 2.11. The van der Waals surface area contributed by atoms with E-state index >= 15 is 0 Å². The largest absolute Gasteiger partial charge is 0.207 e. The summed E-state index contributed by atoms with van der Waals surface area (Å²) in [5, 5.41) is 0. The Hall–Kier alpha value is -0.860. The van der Waals surface area contributed by atoms with Gasteiger partial charge in [-0.15, -0.1) is 11.6 Å². The predicted octanol–water partition coefficient (Wildman–Crippen LogP) is 5.23. The second-order valence-corrected chi connectivity index (χ2v) is 5.81. The fraction of sp³-hybridized carbons (Fsp3) is 0.250. The minimum atomic E-state index is -0.197. The quantitative estimate of drug-likeness (QED) is 0.653. The third kappa shape index (κ3) is 4.32. The summed E-state index contributed by atoms with van der Waals surface area (Å²) in [6.45, 7) is 0. The van der Waals surface area contributed by atoms with Crippen LogP contribution < -0.4 is 0 Å². The van der Waals surface area contributed by atoms with Gasteiger partial charge in [-0.3, -0.25) is 0 Å². The van der Waals surface area contributed by atoms with Gasteiger partial charge in [-0.25, -0.2) is 4.39 Å². The maximum Gasteiger partial charge on any atom is 0.123 e. The molecule has 1 unspecified atom stereocenters. The first-order chi connectivity index (χ1) is 9.19. The van der Waals surface area contributed by atoms with E-state index in [1.807, 2.05) is 30.3 Å². The van der Waals surface area contributed by atoms with Crippen LogP contribution in [0.15, 0.2) is 53.0 Å². The predicted molar refractivity (Wildman–Crippen MR) is 82.2 cm³/mol. The fourth-order valence-corrected chi connectivity index (χ4v) is 2.77. The van der Waals surface area contributed by atoms with Gasteiger partial charge in [-0.1, -0.05) is 46.3 Å². The SMILES string of the molecule is Fc1ccc(CC(CCl)Cc2ccccc2Br)cc1. The van der Waals surface area contributed by atoms with Crippen LogP contribution in [0.3, 0.4) is 0 Å². The summed E-state index contributed by atoms with van der Waals surface area (Å²) in [6.07, 6.45) is 1.79. The number of benzene rings is 2. The Kier molecular flexibility index (Phi) is 5.41. The normalized spacial score (nSPS) is 12.4. The van der Waals surface area contributed by atoms with Gasteiger partial charge in [0, 0.05) is 10.4 Å². The zero-order valence-corrected chi connectivity index (χ0v) is 12.8. The molecule has 0 aliphatic rings. The number of halogens is 3. The van der Waals surface area contributed by atoms with E-state index < -0.39 is 0 Å². The van der Waals surface area contributed by atoms with Crippen LogP contribution in [-0.4, -0.2) is 5.88 Å². The van der Waals surface area contributed by atoms with E-state index in [0.29, 0.717) is 11.8 Å². The molecule has 3 heteroatoms. The lowest BCUT2D eigenvalue weighted by Gasteiger charge is -2.15. The van der Waals surface area contributed by atoms with Crippen LogP contribution in [0, 0.1) is 11.7 Å². The third-order valence-corrected chi connectivity index (χ3v) is 4.33. The Morgan fingerprint density at radius 2 is 1.68 bits per heavy atom. The van der Waals surface area contributed by atoms with Crippen molar-refractivity contribution in [1.82, 2.24) is 0 Å². The number of alkyl halides is 1. The van der Waals surface area contributed by atoms with Gasteiger partial charge >= 0.3 is 0 Å². The second kappa shape index (κ2) is 7.06. The lowest BCUT2D eigenvalue weighted by Crippen LogP contribution is -2.10. The van der Waals surface area contributed by atoms with E-state index in [9.17, 15) is 4.39 Å². The molecular weight excluding hydrogens is 327 g/mol. The Labute approximate surface area is 126 Å². The van der Waals surface area contributed by atoms with Crippen LogP contribution in [0.2, 0.25) is 0 Å². The van der Waals surface area contributed by atoms with Gasteiger partial charge < -0.3 is 0 Å². The summed E-state index contributed by atoms with van der Waals surface area (Å²) in [4.78, 5) is 0. The molecule has 1 atom stereocenters. The molecule has 0 nitrogen and oxygen atoms in total. The lowest BCUT2D eigenvalue weighted by molar-refractivity contribution is 0.580. The summed E-state index contributed by atoms with van der Waals surface area (Å²) in [5.41, 5.74) is 2.38. The van der Waals surface area contributed by atoms with Crippen LogP contribution in [-0.2, 0) is 12.8 Å². The Bertz CT molecular complexity index is 525. The van der Waals surface area contributed by atoms with Crippen LogP contribution in [0.1, 0.15) is 11.1 Å². The van der Waals surface area contributed by atoms with Crippen molar-refractivity contribution >= 4 is 27.5 Å². The van der Waals surface area contributed by atoms with E-state index in [1.54, 1.807) is 0 Å². The molecule has 0 saturated heterocycles. The van der Waals surface area contributed by atoms with Crippen molar-refractivity contribution in [3.05, 3.63) is 69.9 Å². The molecule has 100 valence electrons. The molecule has 0 aliphatic heterocycles. The summed E-state index contributed by atoms with van der Waals surface area (Å²) in [6, 6.07) is 14.8. The standard InChI is InChI=1S/C16H15BrClF/c17-16-4-2-1-3-14(16)10-13(11-18)9-12-5-7-15(19)8-6-12/h1-8,13H,9-11H2. The van der Waals surface area contributed by atoms with Gasteiger partial charge in [-0.05, 0) is 48.1 Å². The molecule has 19 heavy (non-hydrogen) atoms. The van der Waals surface area contributed by atoms with E-state index in [0.717, 1.165) is 22.9 Å². The number of hydrogen-bond acceptors (Lipinski definition) is 0. The van der Waals surface area contributed by atoms with E-state index in [4.69, 9.17) is 11.6 Å². The molecule has 0 heterocycles. The summed E-state index contributed by atoms with van der Waals surface area (Å²) >= 11 is 9.62. The molecule has 0 spiro atoms.